The normalized spacial score (nSPS) is 36.3. The number of ketones is 1. The van der Waals surface area contributed by atoms with Crippen LogP contribution in [0.15, 0.2) is 28.7 Å². The summed E-state index contributed by atoms with van der Waals surface area (Å²) in [5.41, 5.74) is 1.80. The van der Waals surface area contributed by atoms with Crippen molar-refractivity contribution in [2.45, 2.75) is 25.2 Å². The molecule has 2 heteroatoms. The Kier molecular flexibility index (Phi) is 1.50. The summed E-state index contributed by atoms with van der Waals surface area (Å²) in [6.45, 7) is 0. The highest BCUT2D eigenvalue weighted by atomic mass is 16.3. The van der Waals surface area contributed by atoms with Gasteiger partial charge in [-0.1, -0.05) is 18.2 Å². The topological polar surface area (TPSA) is 30.2 Å². The Morgan fingerprint density at radius 2 is 1.83 bits per heavy atom. The Morgan fingerprint density at radius 1 is 1.06 bits per heavy atom. The number of para-hydroxylation sites is 1. The van der Waals surface area contributed by atoms with Crippen LogP contribution in [0.3, 0.4) is 0 Å². The molecule has 2 bridgehead atoms. The van der Waals surface area contributed by atoms with Crippen LogP contribution in [0.25, 0.3) is 11.0 Å². The van der Waals surface area contributed by atoms with Crippen molar-refractivity contribution in [3.8, 4) is 0 Å². The summed E-state index contributed by atoms with van der Waals surface area (Å²) in [6.07, 6.45) is 3.78. The smallest absolute Gasteiger partial charge is 0.171 e. The molecule has 0 saturated heterocycles. The minimum Gasteiger partial charge on any atom is -0.460 e. The molecule has 0 amide bonds. The average molecular weight is 238 g/mol. The predicted molar refractivity (Wildman–Crippen MR) is 67.6 cm³/mol. The number of carbonyl (C=O) groups excluding carboxylic acids is 1. The van der Waals surface area contributed by atoms with Gasteiger partial charge >= 0.3 is 0 Å². The van der Waals surface area contributed by atoms with E-state index in [4.69, 9.17) is 4.42 Å². The van der Waals surface area contributed by atoms with E-state index in [0.717, 1.165) is 22.3 Å². The second-order valence-electron chi connectivity index (χ2n) is 6.09. The van der Waals surface area contributed by atoms with Crippen LogP contribution in [-0.2, 0) is 0 Å². The third-order valence-electron chi connectivity index (χ3n) is 5.39. The third kappa shape index (κ3) is 0.878. The van der Waals surface area contributed by atoms with Crippen LogP contribution in [0.1, 0.15) is 41.3 Å². The van der Waals surface area contributed by atoms with E-state index in [1.165, 1.54) is 19.3 Å². The number of hydrogen-bond donors (Lipinski definition) is 0. The van der Waals surface area contributed by atoms with Crippen molar-refractivity contribution in [3.63, 3.8) is 0 Å². The van der Waals surface area contributed by atoms with Gasteiger partial charge in [0, 0.05) is 17.2 Å². The highest BCUT2D eigenvalue weighted by Crippen LogP contribution is 2.62. The number of furan rings is 1. The molecule has 0 unspecified atom stereocenters. The van der Waals surface area contributed by atoms with Gasteiger partial charge in [0.2, 0.25) is 0 Å². The van der Waals surface area contributed by atoms with Crippen molar-refractivity contribution in [2.24, 2.45) is 17.8 Å². The minimum absolute atomic E-state index is 0.252. The van der Waals surface area contributed by atoms with Gasteiger partial charge in [0.15, 0.2) is 5.78 Å². The lowest BCUT2D eigenvalue weighted by Crippen LogP contribution is -2.21. The SMILES string of the molecule is O=C1c2c(oc3ccccc23)[C@H]2[C@H]3CC[C@H](C3)[C@@H]12. The van der Waals surface area contributed by atoms with E-state index < -0.39 is 0 Å². The third-order valence-corrected chi connectivity index (χ3v) is 5.39. The van der Waals surface area contributed by atoms with E-state index in [1.54, 1.807) is 0 Å². The highest BCUT2D eigenvalue weighted by molar-refractivity contribution is 6.12. The van der Waals surface area contributed by atoms with Gasteiger partial charge in [0.05, 0.1) is 5.56 Å². The predicted octanol–water partition coefficient (Wildman–Crippen LogP) is 3.76. The zero-order chi connectivity index (χ0) is 11.9. The van der Waals surface area contributed by atoms with Gasteiger partial charge in [-0.3, -0.25) is 4.79 Å². The number of carbonyl (C=O) groups is 1. The van der Waals surface area contributed by atoms with Crippen molar-refractivity contribution < 1.29 is 9.21 Å². The number of rotatable bonds is 0. The van der Waals surface area contributed by atoms with Crippen LogP contribution in [0.2, 0.25) is 0 Å². The largest absolute Gasteiger partial charge is 0.460 e. The van der Waals surface area contributed by atoms with Crippen LogP contribution in [0.4, 0.5) is 0 Å². The van der Waals surface area contributed by atoms with Gasteiger partial charge in [-0.05, 0) is 37.2 Å². The molecule has 1 aromatic carbocycles. The molecule has 0 spiro atoms. The summed E-state index contributed by atoms with van der Waals surface area (Å²) in [5.74, 6) is 3.37. The fourth-order valence-corrected chi connectivity index (χ4v) is 4.77. The molecule has 3 aliphatic carbocycles. The molecule has 90 valence electrons. The number of fused-ring (bicyclic) bond motifs is 9. The zero-order valence-electron chi connectivity index (χ0n) is 10.1. The molecule has 4 atom stereocenters. The lowest BCUT2D eigenvalue weighted by atomic mass is 9.81. The van der Waals surface area contributed by atoms with E-state index in [9.17, 15) is 4.79 Å². The first kappa shape index (κ1) is 9.37. The van der Waals surface area contributed by atoms with Crippen LogP contribution in [0.5, 0.6) is 0 Å². The molecular weight excluding hydrogens is 224 g/mol. The summed E-state index contributed by atoms with van der Waals surface area (Å²) in [4.78, 5) is 12.7. The summed E-state index contributed by atoms with van der Waals surface area (Å²) in [5, 5.41) is 1.03. The van der Waals surface area contributed by atoms with Crippen molar-refractivity contribution in [1.82, 2.24) is 0 Å². The Hall–Kier alpha value is -1.57. The van der Waals surface area contributed by atoms with Crippen molar-refractivity contribution in [3.05, 3.63) is 35.6 Å². The Labute approximate surface area is 105 Å². The number of Topliss-reactive ketones (excluding diaryl/α,β-unsaturated/α-hetero) is 1. The fourth-order valence-electron chi connectivity index (χ4n) is 4.77. The summed E-state index contributed by atoms with van der Waals surface area (Å²) in [6, 6.07) is 7.97. The van der Waals surface area contributed by atoms with Crippen LogP contribution >= 0.6 is 0 Å². The van der Waals surface area contributed by atoms with Crippen molar-refractivity contribution in [1.29, 1.82) is 0 Å². The second kappa shape index (κ2) is 2.87. The lowest BCUT2D eigenvalue weighted by Gasteiger charge is -2.22. The molecule has 2 fully saturated rings. The molecule has 0 N–H and O–H groups in total. The Bertz CT molecular complexity index is 681. The summed E-state index contributed by atoms with van der Waals surface area (Å²) < 4.78 is 6.03. The van der Waals surface area contributed by atoms with Crippen molar-refractivity contribution >= 4 is 16.8 Å². The quantitative estimate of drug-likeness (QED) is 0.699. The van der Waals surface area contributed by atoms with Gasteiger partial charge < -0.3 is 4.42 Å². The first-order valence-electron chi connectivity index (χ1n) is 6.90. The van der Waals surface area contributed by atoms with E-state index in [-0.39, 0.29) is 5.92 Å². The molecule has 0 radical (unpaired) electrons. The monoisotopic (exact) mass is 238 g/mol. The van der Waals surface area contributed by atoms with Crippen LogP contribution in [-0.4, -0.2) is 5.78 Å². The lowest BCUT2D eigenvalue weighted by molar-refractivity contribution is 0.0882. The van der Waals surface area contributed by atoms with E-state index in [0.29, 0.717) is 23.5 Å². The maximum absolute atomic E-state index is 12.7. The molecular formula is C16H14O2. The molecule has 18 heavy (non-hydrogen) atoms. The Balaban J connectivity index is 1.82. The maximum atomic E-state index is 12.7. The minimum atomic E-state index is 0.252. The maximum Gasteiger partial charge on any atom is 0.171 e. The summed E-state index contributed by atoms with van der Waals surface area (Å²) in [7, 11) is 0. The van der Waals surface area contributed by atoms with Gasteiger partial charge in [-0.2, -0.15) is 0 Å². The molecule has 2 aromatic rings. The van der Waals surface area contributed by atoms with E-state index in [2.05, 4.69) is 0 Å². The van der Waals surface area contributed by atoms with Gasteiger partial charge in [0.25, 0.3) is 0 Å². The van der Waals surface area contributed by atoms with Gasteiger partial charge in [-0.25, -0.2) is 0 Å². The first-order valence-corrected chi connectivity index (χ1v) is 6.90. The van der Waals surface area contributed by atoms with Gasteiger partial charge in [0.1, 0.15) is 11.3 Å². The molecule has 2 saturated carbocycles. The number of benzene rings is 1. The van der Waals surface area contributed by atoms with E-state index >= 15 is 0 Å². The second-order valence-corrected chi connectivity index (χ2v) is 6.09. The number of hydrogen-bond acceptors (Lipinski definition) is 2. The molecule has 1 heterocycles. The van der Waals surface area contributed by atoms with Crippen LogP contribution < -0.4 is 0 Å². The summed E-state index contributed by atoms with van der Waals surface area (Å²) >= 11 is 0. The molecule has 5 rings (SSSR count). The fraction of sp³-hybridized carbons (Fsp3) is 0.438. The first-order chi connectivity index (χ1) is 8.84. The molecule has 3 aliphatic rings. The molecule has 0 aliphatic heterocycles. The molecule has 2 nitrogen and oxygen atoms in total. The van der Waals surface area contributed by atoms with E-state index in [1.807, 2.05) is 24.3 Å². The standard InChI is InChI=1S/C16H14O2/c17-15-12-8-5-6-9(7-8)13(12)16-14(15)10-3-1-2-4-11(10)18-16/h1-4,8-9,12-13H,5-7H2/t8-,9+,12-,13+/m1/s1. The Morgan fingerprint density at radius 3 is 2.72 bits per heavy atom. The zero-order valence-corrected chi connectivity index (χ0v) is 10.1. The van der Waals surface area contributed by atoms with Crippen molar-refractivity contribution in [2.75, 3.05) is 0 Å². The highest BCUT2D eigenvalue weighted by Gasteiger charge is 2.58. The average Bonchev–Trinajstić information content (AvgIpc) is 3.10. The van der Waals surface area contributed by atoms with Crippen LogP contribution in [0, 0.1) is 17.8 Å². The van der Waals surface area contributed by atoms with Gasteiger partial charge in [-0.15, -0.1) is 0 Å². The molecule has 1 aromatic heterocycles.